The molecule has 1 saturated carbocycles. The van der Waals surface area contributed by atoms with Gasteiger partial charge in [-0.25, -0.2) is 0 Å². The van der Waals surface area contributed by atoms with E-state index in [4.69, 9.17) is 0 Å². The van der Waals surface area contributed by atoms with Crippen LogP contribution in [0.3, 0.4) is 0 Å². The number of nitrogens with zero attached hydrogens (tertiary/aromatic N) is 3. The van der Waals surface area contributed by atoms with Crippen molar-refractivity contribution in [2.45, 2.75) is 36.8 Å². The van der Waals surface area contributed by atoms with Crippen molar-refractivity contribution in [1.29, 1.82) is 0 Å². The van der Waals surface area contributed by atoms with Crippen LogP contribution in [-0.2, 0) is 4.79 Å². The molecule has 6 heteroatoms. The number of aromatic nitrogens is 1. The summed E-state index contributed by atoms with van der Waals surface area (Å²) >= 11 is 1.36. The van der Waals surface area contributed by atoms with Gasteiger partial charge in [0.2, 0.25) is 5.91 Å². The molecule has 2 fully saturated rings. The maximum absolute atomic E-state index is 13.2. The molecule has 27 heavy (non-hydrogen) atoms. The fourth-order valence-corrected chi connectivity index (χ4v) is 5.66. The number of hydrogen-bond donors (Lipinski definition) is 0. The minimum Gasteiger partial charge on any atom is -0.618 e. The van der Waals surface area contributed by atoms with Gasteiger partial charge in [-0.3, -0.25) is 4.79 Å². The van der Waals surface area contributed by atoms with Crippen molar-refractivity contribution in [3.63, 3.8) is 0 Å². The lowest BCUT2D eigenvalue weighted by Crippen LogP contribution is -2.49. The standard InChI is InChI=1S/C21H29N3O2S/c1-22-10-7-19(8-11-22)23(14-18-13-16-5-6-17(18)12-16)20(25)15-27-21-4-2-3-9-24(21)26/h2-6,9,16-19H,7-8,10-15H2,1H3. The average Bonchev–Trinajstić information content (AvgIpc) is 3.29. The first kappa shape index (κ1) is 18.8. The largest absolute Gasteiger partial charge is 0.618 e. The predicted molar refractivity (Wildman–Crippen MR) is 107 cm³/mol. The van der Waals surface area contributed by atoms with E-state index in [1.54, 1.807) is 12.1 Å². The number of piperidine rings is 1. The molecule has 0 spiro atoms. The molecule has 3 aliphatic rings. The SMILES string of the molecule is CN1CCC(N(CC2CC3C=CC2C3)C(=O)CSc2cccc[n+]2[O-])CC1. The van der Waals surface area contributed by atoms with Gasteiger partial charge in [0.25, 0.3) is 5.03 Å². The first-order valence-electron chi connectivity index (χ1n) is 10.1. The van der Waals surface area contributed by atoms with Gasteiger partial charge in [-0.2, -0.15) is 4.73 Å². The van der Waals surface area contributed by atoms with Crippen LogP contribution in [0.1, 0.15) is 25.7 Å². The molecule has 0 radical (unpaired) electrons. The number of carbonyl (C=O) groups excluding carboxylic acids is 1. The van der Waals surface area contributed by atoms with Gasteiger partial charge in [-0.1, -0.05) is 12.2 Å². The summed E-state index contributed by atoms with van der Waals surface area (Å²) in [5.74, 6) is 2.52. The zero-order chi connectivity index (χ0) is 18.8. The lowest BCUT2D eigenvalue weighted by molar-refractivity contribution is -0.645. The van der Waals surface area contributed by atoms with Crippen LogP contribution in [0.15, 0.2) is 41.6 Å². The Balaban J connectivity index is 1.42. The van der Waals surface area contributed by atoms with Gasteiger partial charge < -0.3 is 15.0 Å². The number of thioether (sulfide) groups is 1. The Morgan fingerprint density at radius 2 is 2.11 bits per heavy atom. The molecule has 0 aromatic carbocycles. The molecule has 0 N–H and O–H groups in total. The second kappa shape index (κ2) is 8.23. The third kappa shape index (κ3) is 4.32. The molecule has 4 rings (SSSR count). The maximum atomic E-state index is 13.2. The highest BCUT2D eigenvalue weighted by Crippen LogP contribution is 2.44. The van der Waals surface area contributed by atoms with Crippen molar-refractivity contribution in [2.75, 3.05) is 32.4 Å². The van der Waals surface area contributed by atoms with E-state index >= 15 is 0 Å². The summed E-state index contributed by atoms with van der Waals surface area (Å²) < 4.78 is 0.846. The van der Waals surface area contributed by atoms with Gasteiger partial charge >= 0.3 is 0 Å². The van der Waals surface area contributed by atoms with Crippen LogP contribution >= 0.6 is 11.8 Å². The highest BCUT2D eigenvalue weighted by Gasteiger charge is 2.38. The van der Waals surface area contributed by atoms with Gasteiger partial charge in [0, 0.05) is 24.7 Å². The minimum atomic E-state index is 0.185. The van der Waals surface area contributed by atoms with E-state index in [-0.39, 0.29) is 5.91 Å². The fraction of sp³-hybridized carbons (Fsp3) is 0.619. The minimum absolute atomic E-state index is 0.185. The van der Waals surface area contributed by atoms with Crippen LogP contribution in [0.5, 0.6) is 0 Å². The van der Waals surface area contributed by atoms with Gasteiger partial charge in [0.15, 0.2) is 6.20 Å². The molecule has 1 saturated heterocycles. The molecule has 2 bridgehead atoms. The number of allylic oxidation sites excluding steroid dienone is 2. The number of fused-ring (bicyclic) bond motifs is 2. The highest BCUT2D eigenvalue weighted by atomic mass is 32.2. The molecule has 3 atom stereocenters. The zero-order valence-electron chi connectivity index (χ0n) is 16.0. The molecule has 5 nitrogen and oxygen atoms in total. The molecule has 146 valence electrons. The number of pyridine rings is 1. The maximum Gasteiger partial charge on any atom is 0.251 e. The first-order valence-corrected chi connectivity index (χ1v) is 11.1. The lowest BCUT2D eigenvalue weighted by Gasteiger charge is -2.39. The molecule has 1 amide bonds. The Bertz CT molecular complexity index is 702. The van der Waals surface area contributed by atoms with Gasteiger partial charge in [-0.15, -0.1) is 0 Å². The second-order valence-corrected chi connectivity index (χ2v) is 9.27. The van der Waals surface area contributed by atoms with E-state index < -0.39 is 0 Å². The van der Waals surface area contributed by atoms with Crippen molar-refractivity contribution in [3.05, 3.63) is 41.8 Å². The van der Waals surface area contributed by atoms with Crippen LogP contribution in [0, 0.1) is 23.0 Å². The third-order valence-electron chi connectivity index (χ3n) is 6.43. The number of hydrogen-bond acceptors (Lipinski definition) is 4. The molecule has 2 heterocycles. The van der Waals surface area contributed by atoms with Crippen molar-refractivity contribution < 1.29 is 9.52 Å². The van der Waals surface area contributed by atoms with Crippen molar-refractivity contribution in [3.8, 4) is 0 Å². The van der Waals surface area contributed by atoms with Crippen LogP contribution in [0.2, 0.25) is 0 Å². The predicted octanol–water partition coefficient (Wildman–Crippen LogP) is 2.55. The van der Waals surface area contributed by atoms with Crippen LogP contribution in [-0.4, -0.2) is 54.2 Å². The Kier molecular flexibility index (Phi) is 5.74. The van der Waals surface area contributed by atoms with E-state index in [9.17, 15) is 10.0 Å². The van der Waals surface area contributed by atoms with Crippen LogP contribution in [0.4, 0.5) is 0 Å². The summed E-state index contributed by atoms with van der Waals surface area (Å²) in [4.78, 5) is 17.7. The molecule has 1 aromatic rings. The third-order valence-corrected chi connectivity index (χ3v) is 7.43. The average molecular weight is 388 g/mol. The molecule has 1 aliphatic heterocycles. The van der Waals surface area contributed by atoms with Gasteiger partial charge in [0.1, 0.15) is 0 Å². The summed E-state index contributed by atoms with van der Waals surface area (Å²) in [6, 6.07) is 5.68. The number of likely N-dealkylation sites (tertiary alicyclic amines) is 1. The Labute approximate surface area is 166 Å². The summed E-state index contributed by atoms with van der Waals surface area (Å²) in [5.41, 5.74) is 0. The summed E-state index contributed by atoms with van der Waals surface area (Å²) in [6.07, 6.45) is 10.8. The Hall–Kier alpha value is -1.53. The topological polar surface area (TPSA) is 50.5 Å². The fourth-order valence-electron chi connectivity index (χ4n) is 4.86. The van der Waals surface area contributed by atoms with E-state index in [1.165, 1.54) is 30.8 Å². The van der Waals surface area contributed by atoms with Crippen molar-refractivity contribution >= 4 is 17.7 Å². The van der Waals surface area contributed by atoms with E-state index in [0.717, 1.165) is 43.1 Å². The smallest absolute Gasteiger partial charge is 0.251 e. The molecule has 1 aromatic heterocycles. The number of carbonyl (C=O) groups is 1. The summed E-state index contributed by atoms with van der Waals surface area (Å²) in [7, 11) is 2.15. The molecule has 2 aliphatic carbocycles. The first-order chi connectivity index (χ1) is 13.1. The molecular formula is C21H29N3O2S. The van der Waals surface area contributed by atoms with Crippen LogP contribution in [0.25, 0.3) is 0 Å². The van der Waals surface area contributed by atoms with Crippen molar-refractivity contribution in [1.82, 2.24) is 9.80 Å². The quantitative estimate of drug-likeness (QED) is 0.326. The molecule has 3 unspecified atom stereocenters. The number of amides is 1. The zero-order valence-corrected chi connectivity index (χ0v) is 16.8. The van der Waals surface area contributed by atoms with Crippen LogP contribution < -0.4 is 4.73 Å². The summed E-state index contributed by atoms with van der Waals surface area (Å²) in [6.45, 7) is 2.99. The monoisotopic (exact) mass is 387 g/mol. The Morgan fingerprint density at radius 3 is 2.78 bits per heavy atom. The number of rotatable bonds is 6. The Morgan fingerprint density at radius 1 is 1.30 bits per heavy atom. The lowest BCUT2D eigenvalue weighted by atomic mass is 9.91. The highest BCUT2D eigenvalue weighted by molar-refractivity contribution is 7.99. The van der Waals surface area contributed by atoms with Gasteiger partial charge in [-0.05, 0) is 81.4 Å². The summed E-state index contributed by atoms with van der Waals surface area (Å²) in [5, 5.41) is 12.5. The van der Waals surface area contributed by atoms with E-state index in [1.807, 2.05) is 6.07 Å². The normalized spacial score (nSPS) is 28.0. The molecular weight excluding hydrogens is 358 g/mol. The van der Waals surface area contributed by atoms with Crippen molar-refractivity contribution in [2.24, 2.45) is 17.8 Å². The van der Waals surface area contributed by atoms with Gasteiger partial charge in [0.05, 0.1) is 5.75 Å². The second-order valence-electron chi connectivity index (χ2n) is 8.27. The van der Waals surface area contributed by atoms with E-state index in [0.29, 0.717) is 28.7 Å². The van der Waals surface area contributed by atoms with E-state index in [2.05, 4.69) is 29.0 Å².